The Kier molecular flexibility index (Phi) is 5.88. The van der Waals surface area contributed by atoms with E-state index in [1.54, 1.807) is 36.4 Å². The summed E-state index contributed by atoms with van der Waals surface area (Å²) in [4.78, 5) is 30.4. The van der Waals surface area contributed by atoms with E-state index < -0.39 is 0 Å². The standard InChI is InChI=1S/C27H19N3O2S2/c1-30-23-21-10-6-5-7-17(21)15-16-22(23)34-27(30)29-26(33)28-25(32)20-13-11-19(12-14-20)24(31)18-8-3-2-4-9-18/h2-16H,1H3,(H,28,32,33)/b29-27+. The van der Waals surface area contributed by atoms with Crippen LogP contribution in [0, 0.1) is 0 Å². The second-order valence-corrected chi connectivity index (χ2v) is 9.12. The summed E-state index contributed by atoms with van der Waals surface area (Å²) >= 11 is 6.86. The first-order valence-corrected chi connectivity index (χ1v) is 11.8. The number of aromatic nitrogens is 1. The van der Waals surface area contributed by atoms with Crippen molar-refractivity contribution in [1.29, 1.82) is 0 Å². The van der Waals surface area contributed by atoms with Crippen molar-refractivity contribution in [1.82, 2.24) is 9.88 Å². The van der Waals surface area contributed by atoms with Crippen molar-refractivity contribution in [2.45, 2.75) is 0 Å². The Morgan fingerprint density at radius 2 is 1.47 bits per heavy atom. The molecule has 0 aliphatic heterocycles. The summed E-state index contributed by atoms with van der Waals surface area (Å²) in [5, 5.41) is 5.04. The molecule has 0 saturated carbocycles. The average Bonchev–Trinajstić information content (AvgIpc) is 3.19. The van der Waals surface area contributed by atoms with E-state index in [1.807, 2.05) is 41.9 Å². The number of fused-ring (bicyclic) bond motifs is 3. The van der Waals surface area contributed by atoms with Gasteiger partial charge in [-0.3, -0.25) is 14.9 Å². The van der Waals surface area contributed by atoms with Gasteiger partial charge < -0.3 is 4.57 Å². The van der Waals surface area contributed by atoms with Gasteiger partial charge in [0.25, 0.3) is 5.91 Å². The predicted molar refractivity (Wildman–Crippen MR) is 140 cm³/mol. The highest BCUT2D eigenvalue weighted by Gasteiger charge is 2.12. The van der Waals surface area contributed by atoms with Crippen LogP contribution in [0.5, 0.6) is 0 Å². The molecule has 4 aromatic carbocycles. The number of rotatable bonds is 3. The summed E-state index contributed by atoms with van der Waals surface area (Å²) < 4.78 is 3.08. The summed E-state index contributed by atoms with van der Waals surface area (Å²) in [5.74, 6) is -0.468. The summed E-state index contributed by atoms with van der Waals surface area (Å²) in [6.45, 7) is 0. The fraction of sp³-hybridized carbons (Fsp3) is 0.0370. The Bertz CT molecular complexity index is 1630. The van der Waals surface area contributed by atoms with E-state index in [-0.39, 0.29) is 16.8 Å². The lowest BCUT2D eigenvalue weighted by molar-refractivity contribution is 0.0975. The molecule has 1 amide bonds. The highest BCUT2D eigenvalue weighted by atomic mass is 32.1. The van der Waals surface area contributed by atoms with Crippen LogP contribution in [0.1, 0.15) is 26.3 Å². The zero-order valence-electron chi connectivity index (χ0n) is 18.2. The number of thiazole rings is 1. The number of aryl methyl sites for hydroxylation is 1. The molecule has 1 heterocycles. The van der Waals surface area contributed by atoms with Crippen LogP contribution >= 0.6 is 23.6 Å². The molecule has 5 rings (SSSR count). The van der Waals surface area contributed by atoms with E-state index in [0.29, 0.717) is 21.5 Å². The maximum absolute atomic E-state index is 12.7. The van der Waals surface area contributed by atoms with Gasteiger partial charge in [-0.15, -0.1) is 0 Å². The lowest BCUT2D eigenvalue weighted by atomic mass is 10.0. The van der Waals surface area contributed by atoms with E-state index >= 15 is 0 Å². The summed E-state index contributed by atoms with van der Waals surface area (Å²) in [6.07, 6.45) is 0. The normalized spacial score (nSPS) is 11.6. The van der Waals surface area contributed by atoms with Gasteiger partial charge in [0.2, 0.25) is 5.11 Å². The zero-order valence-corrected chi connectivity index (χ0v) is 19.8. The molecule has 0 saturated heterocycles. The molecule has 166 valence electrons. The molecule has 0 fully saturated rings. The largest absolute Gasteiger partial charge is 0.319 e. The lowest BCUT2D eigenvalue weighted by Gasteiger charge is -2.05. The van der Waals surface area contributed by atoms with Gasteiger partial charge in [0, 0.05) is 29.1 Å². The SMILES string of the molecule is Cn1/c(=N\C(=S)NC(=O)c2ccc(C(=O)c3ccccc3)cc2)sc2ccc3ccccc3c21. The topological polar surface area (TPSA) is 63.5 Å². The molecule has 0 aliphatic rings. The summed E-state index contributed by atoms with van der Waals surface area (Å²) in [7, 11) is 1.94. The molecule has 5 aromatic rings. The number of carbonyl (C=O) groups excluding carboxylic acids is 2. The van der Waals surface area contributed by atoms with Crippen LogP contribution in [0.4, 0.5) is 0 Å². The molecular formula is C27H19N3O2S2. The number of carbonyl (C=O) groups is 2. The Labute approximate surface area is 205 Å². The van der Waals surface area contributed by atoms with Gasteiger partial charge in [-0.2, -0.15) is 4.99 Å². The highest BCUT2D eigenvalue weighted by molar-refractivity contribution is 7.80. The molecule has 0 unspecified atom stereocenters. The maximum Gasteiger partial charge on any atom is 0.257 e. The number of hydrogen-bond acceptors (Lipinski definition) is 4. The molecule has 7 heteroatoms. The number of benzene rings is 4. The first-order chi connectivity index (χ1) is 16.5. The molecule has 34 heavy (non-hydrogen) atoms. The van der Waals surface area contributed by atoms with E-state index in [4.69, 9.17) is 12.2 Å². The van der Waals surface area contributed by atoms with Gasteiger partial charge in [-0.25, -0.2) is 0 Å². The molecule has 0 atom stereocenters. The minimum Gasteiger partial charge on any atom is -0.319 e. The van der Waals surface area contributed by atoms with Crippen molar-refractivity contribution in [3.63, 3.8) is 0 Å². The molecule has 0 aliphatic carbocycles. The van der Waals surface area contributed by atoms with E-state index in [1.165, 1.54) is 11.3 Å². The number of thiocarbonyl (C=S) groups is 1. The van der Waals surface area contributed by atoms with Crippen molar-refractivity contribution in [3.8, 4) is 0 Å². The van der Waals surface area contributed by atoms with Gasteiger partial charge >= 0.3 is 0 Å². The molecule has 0 bridgehead atoms. The predicted octanol–water partition coefficient (Wildman–Crippen LogP) is 5.24. The lowest BCUT2D eigenvalue weighted by Crippen LogP contribution is -2.29. The average molecular weight is 482 g/mol. The van der Waals surface area contributed by atoms with Crippen molar-refractivity contribution in [2.24, 2.45) is 12.0 Å². The van der Waals surface area contributed by atoms with Crippen LogP contribution in [-0.2, 0) is 7.05 Å². The minimum absolute atomic E-state index is 0.0842. The maximum atomic E-state index is 12.7. The van der Waals surface area contributed by atoms with Crippen molar-refractivity contribution < 1.29 is 9.59 Å². The van der Waals surface area contributed by atoms with Gasteiger partial charge in [-0.05, 0) is 35.8 Å². The summed E-state index contributed by atoms with van der Waals surface area (Å²) in [5.41, 5.74) is 2.59. The third-order valence-electron chi connectivity index (χ3n) is 5.55. The molecule has 0 radical (unpaired) electrons. The highest BCUT2D eigenvalue weighted by Crippen LogP contribution is 2.26. The first kappa shape index (κ1) is 21.9. The fourth-order valence-corrected chi connectivity index (χ4v) is 5.12. The number of nitrogens with zero attached hydrogens (tertiary/aromatic N) is 2. The smallest absolute Gasteiger partial charge is 0.257 e. The van der Waals surface area contributed by atoms with Crippen LogP contribution < -0.4 is 10.1 Å². The number of ketones is 1. The Morgan fingerprint density at radius 1 is 0.824 bits per heavy atom. The van der Waals surface area contributed by atoms with E-state index in [2.05, 4.69) is 34.6 Å². The number of amides is 1. The molecular weight excluding hydrogens is 462 g/mol. The number of nitrogens with one attached hydrogen (secondary N) is 1. The van der Waals surface area contributed by atoms with Gasteiger partial charge in [-0.1, -0.05) is 84.1 Å². The van der Waals surface area contributed by atoms with Crippen LogP contribution in [0.3, 0.4) is 0 Å². The summed E-state index contributed by atoms with van der Waals surface area (Å²) in [6, 6.07) is 27.9. The van der Waals surface area contributed by atoms with Crippen molar-refractivity contribution in [3.05, 3.63) is 112 Å². The number of hydrogen-bond donors (Lipinski definition) is 1. The molecule has 1 N–H and O–H groups in total. The van der Waals surface area contributed by atoms with Crippen LogP contribution in [0.2, 0.25) is 0 Å². The molecule has 1 aromatic heterocycles. The van der Waals surface area contributed by atoms with Crippen molar-refractivity contribution >= 4 is 61.3 Å². The van der Waals surface area contributed by atoms with Gasteiger partial charge in [0.05, 0.1) is 10.2 Å². The Hall–Kier alpha value is -3.94. The molecule has 0 spiro atoms. The molecule has 5 nitrogen and oxygen atoms in total. The van der Waals surface area contributed by atoms with E-state index in [9.17, 15) is 9.59 Å². The Morgan fingerprint density at radius 3 is 2.24 bits per heavy atom. The van der Waals surface area contributed by atoms with Gasteiger partial charge in [0.1, 0.15) is 0 Å². The van der Waals surface area contributed by atoms with Crippen LogP contribution in [0.25, 0.3) is 21.0 Å². The van der Waals surface area contributed by atoms with Gasteiger partial charge in [0.15, 0.2) is 10.6 Å². The second kappa shape index (κ2) is 9.13. The van der Waals surface area contributed by atoms with E-state index in [0.717, 1.165) is 21.0 Å². The Balaban J connectivity index is 1.36. The third-order valence-corrected chi connectivity index (χ3v) is 6.84. The monoisotopic (exact) mass is 481 g/mol. The van der Waals surface area contributed by atoms with Crippen molar-refractivity contribution in [2.75, 3.05) is 0 Å². The quantitative estimate of drug-likeness (QED) is 0.283. The first-order valence-electron chi connectivity index (χ1n) is 10.6. The third kappa shape index (κ3) is 4.19. The van der Waals surface area contributed by atoms with Crippen LogP contribution in [0.15, 0.2) is 96.0 Å². The minimum atomic E-state index is -0.373. The zero-order chi connectivity index (χ0) is 23.7. The fourth-order valence-electron chi connectivity index (χ4n) is 3.84. The second-order valence-electron chi connectivity index (χ2n) is 7.72. The van der Waals surface area contributed by atoms with Crippen LogP contribution in [-0.4, -0.2) is 21.4 Å².